The van der Waals surface area contributed by atoms with Crippen LogP contribution in [0.4, 0.5) is 5.82 Å². The van der Waals surface area contributed by atoms with Gasteiger partial charge in [0.25, 0.3) is 0 Å². The highest BCUT2D eigenvalue weighted by Gasteiger charge is 2.26. The van der Waals surface area contributed by atoms with Gasteiger partial charge in [-0.25, -0.2) is 4.98 Å². The van der Waals surface area contributed by atoms with Crippen LogP contribution < -0.4 is 15.5 Å². The minimum atomic E-state index is 0.448. The lowest BCUT2D eigenvalue weighted by Crippen LogP contribution is -2.51. The number of guanidine groups is 1. The van der Waals surface area contributed by atoms with Crippen molar-refractivity contribution in [1.82, 2.24) is 20.5 Å². The molecule has 2 aliphatic heterocycles. The Labute approximate surface area is 186 Å². The summed E-state index contributed by atoms with van der Waals surface area (Å²) in [5, 5.41) is 7.09. The summed E-state index contributed by atoms with van der Waals surface area (Å²) in [7, 11) is 1.85. The summed E-state index contributed by atoms with van der Waals surface area (Å²) in [5.41, 5.74) is 2.57. The molecule has 6 heteroatoms. The van der Waals surface area contributed by atoms with Gasteiger partial charge in [0.2, 0.25) is 0 Å². The first-order valence-corrected chi connectivity index (χ1v) is 11.7. The van der Waals surface area contributed by atoms with Gasteiger partial charge in [-0.05, 0) is 49.8 Å². The lowest BCUT2D eigenvalue weighted by atomic mass is 9.97. The van der Waals surface area contributed by atoms with E-state index >= 15 is 0 Å². The van der Waals surface area contributed by atoms with Gasteiger partial charge in [0.1, 0.15) is 5.82 Å². The lowest BCUT2D eigenvalue weighted by Gasteiger charge is -2.38. The third kappa shape index (κ3) is 5.97. The van der Waals surface area contributed by atoms with Gasteiger partial charge < -0.3 is 15.5 Å². The second-order valence-electron chi connectivity index (χ2n) is 8.82. The van der Waals surface area contributed by atoms with Crippen molar-refractivity contribution in [3.63, 3.8) is 0 Å². The van der Waals surface area contributed by atoms with Crippen LogP contribution in [0, 0.1) is 0 Å². The molecule has 2 fully saturated rings. The normalized spacial score (nSPS) is 22.5. The molecule has 0 aliphatic carbocycles. The van der Waals surface area contributed by atoms with E-state index in [1.807, 2.05) is 13.2 Å². The van der Waals surface area contributed by atoms with Crippen LogP contribution >= 0.6 is 0 Å². The third-order valence-electron chi connectivity index (χ3n) is 6.51. The molecule has 3 heterocycles. The second-order valence-corrected chi connectivity index (χ2v) is 8.82. The summed E-state index contributed by atoms with van der Waals surface area (Å²) in [5.74, 6) is 1.97. The number of anilines is 1. The number of aliphatic imine (C=N–C) groups is 1. The van der Waals surface area contributed by atoms with Crippen LogP contribution in [0.15, 0.2) is 53.7 Å². The Bertz CT molecular complexity index is 829. The van der Waals surface area contributed by atoms with E-state index in [0.29, 0.717) is 12.1 Å². The lowest BCUT2D eigenvalue weighted by molar-refractivity contribution is 0.134. The standard InChI is InChI=1S/C25H36N6/c1-20-16-23(12-15-31(20)19-21-8-4-3-5-9-21)29-25(26-2)28-18-22-10-11-24(27-17-22)30-13-6-7-14-30/h3-5,8-11,17,20,23H,6-7,12-16,18-19H2,1-2H3,(H2,26,28,29). The first kappa shape index (κ1) is 21.6. The average molecular weight is 421 g/mol. The van der Waals surface area contributed by atoms with Gasteiger partial charge in [-0.15, -0.1) is 0 Å². The van der Waals surface area contributed by atoms with Gasteiger partial charge in [0, 0.05) is 58.1 Å². The van der Waals surface area contributed by atoms with E-state index < -0.39 is 0 Å². The molecule has 2 atom stereocenters. The summed E-state index contributed by atoms with van der Waals surface area (Å²) in [6.07, 6.45) is 6.79. The van der Waals surface area contributed by atoms with Crippen molar-refractivity contribution in [3.8, 4) is 0 Å². The molecular weight excluding hydrogens is 384 g/mol. The van der Waals surface area contributed by atoms with Crippen LogP contribution in [-0.2, 0) is 13.1 Å². The van der Waals surface area contributed by atoms with Gasteiger partial charge in [0.15, 0.2) is 5.96 Å². The van der Waals surface area contributed by atoms with Crippen LogP contribution in [0.2, 0.25) is 0 Å². The van der Waals surface area contributed by atoms with Crippen molar-refractivity contribution in [2.45, 2.75) is 57.8 Å². The monoisotopic (exact) mass is 420 g/mol. The zero-order chi connectivity index (χ0) is 21.5. The van der Waals surface area contributed by atoms with E-state index in [-0.39, 0.29) is 0 Å². The molecule has 166 valence electrons. The number of hydrogen-bond donors (Lipinski definition) is 2. The summed E-state index contributed by atoms with van der Waals surface area (Å²) >= 11 is 0. The Hall–Kier alpha value is -2.60. The minimum absolute atomic E-state index is 0.448. The Morgan fingerprint density at radius 2 is 1.87 bits per heavy atom. The minimum Gasteiger partial charge on any atom is -0.357 e. The highest BCUT2D eigenvalue weighted by Crippen LogP contribution is 2.20. The topological polar surface area (TPSA) is 55.8 Å². The number of benzene rings is 1. The summed E-state index contributed by atoms with van der Waals surface area (Å²) < 4.78 is 0. The van der Waals surface area contributed by atoms with E-state index in [2.05, 4.69) is 79.8 Å². The molecule has 1 aromatic heterocycles. The maximum atomic E-state index is 4.65. The second kappa shape index (κ2) is 10.6. The van der Waals surface area contributed by atoms with E-state index in [1.165, 1.54) is 24.0 Å². The van der Waals surface area contributed by atoms with E-state index in [9.17, 15) is 0 Å². The molecule has 31 heavy (non-hydrogen) atoms. The van der Waals surface area contributed by atoms with Gasteiger partial charge in [0.05, 0.1) is 0 Å². The number of likely N-dealkylation sites (tertiary alicyclic amines) is 1. The fraction of sp³-hybridized carbons (Fsp3) is 0.520. The fourth-order valence-corrected chi connectivity index (χ4v) is 4.63. The molecule has 2 unspecified atom stereocenters. The van der Waals surface area contributed by atoms with Crippen LogP contribution in [0.5, 0.6) is 0 Å². The molecule has 4 rings (SSSR count). The maximum Gasteiger partial charge on any atom is 0.191 e. The molecule has 2 N–H and O–H groups in total. The van der Waals surface area contributed by atoms with E-state index in [4.69, 9.17) is 0 Å². The van der Waals surface area contributed by atoms with E-state index in [1.54, 1.807) is 0 Å². The highest BCUT2D eigenvalue weighted by molar-refractivity contribution is 5.80. The maximum absolute atomic E-state index is 4.65. The molecule has 1 aromatic carbocycles. The van der Waals surface area contributed by atoms with Gasteiger partial charge >= 0.3 is 0 Å². The van der Waals surface area contributed by atoms with E-state index in [0.717, 1.165) is 57.3 Å². The molecule has 6 nitrogen and oxygen atoms in total. The molecule has 2 aliphatic rings. The SMILES string of the molecule is CN=C(NCc1ccc(N2CCCC2)nc1)NC1CCN(Cc2ccccc2)C(C)C1. The summed E-state index contributed by atoms with van der Waals surface area (Å²) in [4.78, 5) is 14.0. The third-order valence-corrected chi connectivity index (χ3v) is 6.51. The van der Waals surface area contributed by atoms with Gasteiger partial charge in [-0.1, -0.05) is 36.4 Å². The molecule has 2 saturated heterocycles. The molecule has 0 saturated carbocycles. The molecular formula is C25H36N6. The number of nitrogens with zero attached hydrogens (tertiary/aromatic N) is 4. The molecule has 0 amide bonds. The Balaban J connectivity index is 1.23. The summed E-state index contributed by atoms with van der Waals surface area (Å²) in [6.45, 7) is 7.46. The zero-order valence-corrected chi connectivity index (χ0v) is 18.9. The van der Waals surface area contributed by atoms with Crippen LogP contribution in [-0.4, -0.2) is 54.6 Å². The number of piperidine rings is 1. The zero-order valence-electron chi connectivity index (χ0n) is 18.9. The quantitative estimate of drug-likeness (QED) is 0.554. The molecule has 2 aromatic rings. The van der Waals surface area contributed by atoms with Crippen LogP contribution in [0.3, 0.4) is 0 Å². The number of nitrogens with one attached hydrogen (secondary N) is 2. The fourth-order valence-electron chi connectivity index (χ4n) is 4.63. The first-order chi connectivity index (χ1) is 15.2. The Morgan fingerprint density at radius 1 is 1.06 bits per heavy atom. The van der Waals surface area contributed by atoms with Crippen molar-refractivity contribution in [3.05, 3.63) is 59.8 Å². The smallest absolute Gasteiger partial charge is 0.191 e. The van der Waals surface area contributed by atoms with Crippen LogP contribution in [0.1, 0.15) is 43.7 Å². The number of pyridine rings is 1. The predicted molar refractivity (Wildman–Crippen MR) is 128 cm³/mol. The molecule has 0 radical (unpaired) electrons. The Kier molecular flexibility index (Phi) is 7.41. The average Bonchev–Trinajstić information content (AvgIpc) is 3.34. The number of aromatic nitrogens is 1. The van der Waals surface area contributed by atoms with Crippen molar-refractivity contribution >= 4 is 11.8 Å². The van der Waals surface area contributed by atoms with Crippen molar-refractivity contribution in [2.24, 2.45) is 4.99 Å². The largest absolute Gasteiger partial charge is 0.357 e. The van der Waals surface area contributed by atoms with Crippen molar-refractivity contribution < 1.29 is 0 Å². The van der Waals surface area contributed by atoms with Gasteiger partial charge in [-0.3, -0.25) is 9.89 Å². The highest BCUT2D eigenvalue weighted by atomic mass is 15.2. The first-order valence-electron chi connectivity index (χ1n) is 11.7. The molecule has 0 bridgehead atoms. The number of rotatable bonds is 6. The number of hydrogen-bond acceptors (Lipinski definition) is 4. The Morgan fingerprint density at radius 3 is 2.55 bits per heavy atom. The molecule has 0 spiro atoms. The van der Waals surface area contributed by atoms with Gasteiger partial charge in [-0.2, -0.15) is 0 Å². The van der Waals surface area contributed by atoms with Crippen molar-refractivity contribution in [1.29, 1.82) is 0 Å². The predicted octanol–water partition coefficient (Wildman–Crippen LogP) is 3.40. The van der Waals surface area contributed by atoms with Crippen molar-refractivity contribution in [2.75, 3.05) is 31.6 Å². The van der Waals surface area contributed by atoms with Crippen LogP contribution in [0.25, 0.3) is 0 Å². The summed E-state index contributed by atoms with van der Waals surface area (Å²) in [6, 6.07) is 16.1.